The lowest BCUT2D eigenvalue weighted by Gasteiger charge is -2.30. The fourth-order valence-corrected chi connectivity index (χ4v) is 1.75. The largest absolute Gasteiger partial charge is 0.415 e. The average Bonchev–Trinajstić information content (AvgIpc) is 2.30. The summed E-state index contributed by atoms with van der Waals surface area (Å²) >= 11 is 0. The maximum absolute atomic E-state index is 11.8. The van der Waals surface area contributed by atoms with Crippen LogP contribution in [0, 0.1) is 0 Å². The van der Waals surface area contributed by atoms with Gasteiger partial charge in [-0.05, 0) is 19.1 Å². The van der Waals surface area contributed by atoms with E-state index in [1.165, 1.54) is 0 Å². The third-order valence-corrected chi connectivity index (χ3v) is 2.58. The van der Waals surface area contributed by atoms with E-state index >= 15 is 0 Å². The van der Waals surface area contributed by atoms with Crippen LogP contribution in [0.25, 0.3) is 0 Å². The minimum absolute atomic E-state index is 0.264. The van der Waals surface area contributed by atoms with Crippen molar-refractivity contribution in [2.45, 2.75) is 13.0 Å². The van der Waals surface area contributed by atoms with Gasteiger partial charge in [0.2, 0.25) is 0 Å². The second kappa shape index (κ2) is 4.99. The van der Waals surface area contributed by atoms with E-state index in [-0.39, 0.29) is 6.09 Å². The van der Waals surface area contributed by atoms with Crippen molar-refractivity contribution in [1.29, 1.82) is 0 Å². The maximum Gasteiger partial charge on any atom is 0.415 e. The molecule has 0 aromatic heterocycles. The van der Waals surface area contributed by atoms with E-state index < -0.39 is 0 Å². The van der Waals surface area contributed by atoms with E-state index in [1.807, 2.05) is 18.2 Å². The summed E-state index contributed by atoms with van der Waals surface area (Å²) in [6, 6.07) is 9.49. The van der Waals surface area contributed by atoms with Crippen molar-refractivity contribution in [1.82, 2.24) is 10.2 Å². The SMILES string of the molecule is C[C@H]1CN(C(=O)Oc2ccccc2)CCN1. The highest BCUT2D eigenvalue weighted by atomic mass is 16.6. The second-order valence-electron chi connectivity index (χ2n) is 3.98. The van der Waals surface area contributed by atoms with Crippen molar-refractivity contribution in [3.63, 3.8) is 0 Å². The lowest BCUT2D eigenvalue weighted by Crippen LogP contribution is -2.52. The van der Waals surface area contributed by atoms with Crippen LogP contribution in [0.15, 0.2) is 30.3 Å². The Bertz CT molecular complexity index is 353. The van der Waals surface area contributed by atoms with E-state index in [9.17, 15) is 4.79 Å². The summed E-state index contributed by atoms with van der Waals surface area (Å²) in [6.07, 6.45) is -0.264. The zero-order valence-electron chi connectivity index (χ0n) is 9.35. The van der Waals surface area contributed by atoms with Gasteiger partial charge >= 0.3 is 6.09 Å². The molecule has 1 atom stereocenters. The number of carbonyl (C=O) groups excluding carboxylic acids is 1. The number of carbonyl (C=O) groups is 1. The molecule has 0 spiro atoms. The van der Waals surface area contributed by atoms with Crippen molar-refractivity contribution in [3.05, 3.63) is 30.3 Å². The van der Waals surface area contributed by atoms with Gasteiger partial charge in [-0.1, -0.05) is 18.2 Å². The summed E-state index contributed by atoms with van der Waals surface area (Å²) in [6.45, 7) is 4.29. The number of para-hydroxylation sites is 1. The van der Waals surface area contributed by atoms with E-state index in [4.69, 9.17) is 4.74 Å². The van der Waals surface area contributed by atoms with Crippen LogP contribution in [-0.4, -0.2) is 36.7 Å². The van der Waals surface area contributed by atoms with Gasteiger partial charge in [0, 0.05) is 25.7 Å². The first kappa shape index (κ1) is 11.0. The first-order valence-electron chi connectivity index (χ1n) is 5.51. The number of piperazine rings is 1. The van der Waals surface area contributed by atoms with Crippen LogP contribution >= 0.6 is 0 Å². The van der Waals surface area contributed by atoms with Gasteiger partial charge in [-0.15, -0.1) is 0 Å². The number of amides is 1. The molecule has 16 heavy (non-hydrogen) atoms. The molecule has 4 nitrogen and oxygen atoms in total. The van der Waals surface area contributed by atoms with Gasteiger partial charge in [-0.3, -0.25) is 0 Å². The van der Waals surface area contributed by atoms with Crippen LogP contribution in [0.2, 0.25) is 0 Å². The summed E-state index contributed by atoms with van der Waals surface area (Å²) in [5.41, 5.74) is 0. The number of hydrogen-bond donors (Lipinski definition) is 1. The fraction of sp³-hybridized carbons (Fsp3) is 0.417. The zero-order valence-corrected chi connectivity index (χ0v) is 9.35. The molecule has 1 aliphatic heterocycles. The second-order valence-corrected chi connectivity index (χ2v) is 3.98. The number of rotatable bonds is 1. The lowest BCUT2D eigenvalue weighted by atomic mass is 10.2. The van der Waals surface area contributed by atoms with Crippen LogP contribution in [0.1, 0.15) is 6.92 Å². The van der Waals surface area contributed by atoms with Gasteiger partial charge in [-0.2, -0.15) is 0 Å². The molecule has 1 heterocycles. The smallest absolute Gasteiger partial charge is 0.410 e. The van der Waals surface area contributed by atoms with Gasteiger partial charge < -0.3 is 15.0 Å². The Hall–Kier alpha value is -1.55. The van der Waals surface area contributed by atoms with Crippen LogP contribution < -0.4 is 10.1 Å². The quantitative estimate of drug-likeness (QED) is 0.779. The Morgan fingerprint density at radius 1 is 1.44 bits per heavy atom. The first-order valence-corrected chi connectivity index (χ1v) is 5.51. The molecule has 1 saturated heterocycles. The monoisotopic (exact) mass is 220 g/mol. The van der Waals surface area contributed by atoms with Crippen molar-refractivity contribution >= 4 is 6.09 Å². The number of nitrogens with one attached hydrogen (secondary N) is 1. The summed E-state index contributed by atoms with van der Waals surface area (Å²) < 4.78 is 5.26. The Morgan fingerprint density at radius 2 is 2.19 bits per heavy atom. The van der Waals surface area contributed by atoms with Crippen molar-refractivity contribution in [3.8, 4) is 5.75 Å². The molecule has 1 aromatic carbocycles. The Labute approximate surface area is 95.2 Å². The molecule has 2 rings (SSSR count). The van der Waals surface area contributed by atoms with Gasteiger partial charge in [-0.25, -0.2) is 4.79 Å². The number of nitrogens with zero attached hydrogens (tertiary/aromatic N) is 1. The molecule has 0 bridgehead atoms. The third kappa shape index (κ3) is 2.73. The highest BCUT2D eigenvalue weighted by molar-refractivity contribution is 5.70. The molecule has 86 valence electrons. The van der Waals surface area contributed by atoms with Gasteiger partial charge in [0.25, 0.3) is 0 Å². The fourth-order valence-electron chi connectivity index (χ4n) is 1.75. The van der Waals surface area contributed by atoms with Crippen LogP contribution in [-0.2, 0) is 0 Å². The summed E-state index contributed by atoms with van der Waals surface area (Å²) in [5, 5.41) is 3.28. The van der Waals surface area contributed by atoms with Gasteiger partial charge in [0.1, 0.15) is 5.75 Å². The minimum atomic E-state index is -0.264. The molecule has 1 aromatic rings. The molecule has 4 heteroatoms. The first-order chi connectivity index (χ1) is 7.75. The van der Waals surface area contributed by atoms with E-state index in [2.05, 4.69) is 12.2 Å². The van der Waals surface area contributed by atoms with Crippen molar-refractivity contribution < 1.29 is 9.53 Å². The minimum Gasteiger partial charge on any atom is -0.410 e. The number of benzene rings is 1. The lowest BCUT2D eigenvalue weighted by molar-refractivity contribution is 0.137. The molecule has 1 N–H and O–H groups in total. The molecule has 1 amide bonds. The molecular formula is C12H16N2O2. The summed E-state index contributed by atoms with van der Waals surface area (Å²) in [5.74, 6) is 0.596. The van der Waals surface area contributed by atoms with Crippen LogP contribution in [0.3, 0.4) is 0 Å². The molecule has 0 radical (unpaired) electrons. The molecular weight excluding hydrogens is 204 g/mol. The molecule has 0 aliphatic carbocycles. The predicted octanol–water partition coefficient (Wildman–Crippen LogP) is 1.48. The number of hydrogen-bond acceptors (Lipinski definition) is 3. The molecule has 1 aliphatic rings. The molecule has 1 fully saturated rings. The maximum atomic E-state index is 11.8. The molecule has 0 unspecified atom stereocenters. The van der Waals surface area contributed by atoms with Crippen molar-refractivity contribution in [2.75, 3.05) is 19.6 Å². The van der Waals surface area contributed by atoms with E-state index in [0.717, 1.165) is 6.54 Å². The topological polar surface area (TPSA) is 41.6 Å². The standard InChI is InChI=1S/C12H16N2O2/c1-10-9-14(8-7-13-10)12(15)16-11-5-3-2-4-6-11/h2-6,10,13H,7-9H2,1H3/t10-/m0/s1. The zero-order chi connectivity index (χ0) is 11.4. The Balaban J connectivity index is 1.93. The van der Waals surface area contributed by atoms with E-state index in [0.29, 0.717) is 24.9 Å². The highest BCUT2D eigenvalue weighted by Gasteiger charge is 2.21. The van der Waals surface area contributed by atoms with Crippen molar-refractivity contribution in [2.24, 2.45) is 0 Å². The van der Waals surface area contributed by atoms with Crippen LogP contribution in [0.4, 0.5) is 4.79 Å². The Kier molecular flexibility index (Phi) is 3.41. The summed E-state index contributed by atoms with van der Waals surface area (Å²) in [7, 11) is 0. The van der Waals surface area contributed by atoms with Gasteiger partial charge in [0.15, 0.2) is 0 Å². The third-order valence-electron chi connectivity index (χ3n) is 2.58. The average molecular weight is 220 g/mol. The Morgan fingerprint density at radius 3 is 2.88 bits per heavy atom. The molecule has 0 saturated carbocycles. The predicted molar refractivity (Wildman–Crippen MR) is 61.5 cm³/mol. The number of ether oxygens (including phenoxy) is 1. The van der Waals surface area contributed by atoms with Crippen LogP contribution in [0.5, 0.6) is 5.75 Å². The van der Waals surface area contributed by atoms with Gasteiger partial charge in [0.05, 0.1) is 0 Å². The van der Waals surface area contributed by atoms with E-state index in [1.54, 1.807) is 17.0 Å². The summed E-state index contributed by atoms with van der Waals surface area (Å²) in [4.78, 5) is 13.5. The normalized spacial score (nSPS) is 20.6. The highest BCUT2D eigenvalue weighted by Crippen LogP contribution is 2.11.